The molecule has 0 radical (unpaired) electrons. The van der Waals surface area contributed by atoms with Crippen LogP contribution in [0.3, 0.4) is 0 Å². The van der Waals surface area contributed by atoms with Crippen LogP contribution in [-0.2, 0) is 23.9 Å². The fraction of sp³-hybridized carbons (Fsp3) is 0.259. The first-order chi connectivity index (χ1) is 18.5. The summed E-state index contributed by atoms with van der Waals surface area (Å²) in [6.45, 7) is 4.71. The summed E-state index contributed by atoms with van der Waals surface area (Å²) in [4.78, 5) is 59.0. The minimum absolute atomic E-state index is 0.0411. The molecular formula is C27H27N3O8S. The van der Waals surface area contributed by atoms with Crippen LogP contribution < -0.4 is 20.7 Å². The molecule has 39 heavy (non-hydrogen) atoms. The van der Waals surface area contributed by atoms with Crippen molar-refractivity contribution >= 4 is 52.5 Å². The van der Waals surface area contributed by atoms with Crippen LogP contribution in [0.4, 0.5) is 9.59 Å². The van der Waals surface area contributed by atoms with E-state index in [1.165, 1.54) is 7.11 Å². The van der Waals surface area contributed by atoms with E-state index < -0.39 is 35.0 Å². The second-order valence-electron chi connectivity index (χ2n) is 9.10. The molecule has 1 atom stereocenters. The molecule has 1 aliphatic rings. The van der Waals surface area contributed by atoms with E-state index in [9.17, 15) is 24.0 Å². The van der Waals surface area contributed by atoms with E-state index in [2.05, 4.69) is 16.0 Å². The van der Waals surface area contributed by atoms with Gasteiger partial charge in [-0.3, -0.25) is 19.7 Å². The van der Waals surface area contributed by atoms with Gasteiger partial charge in [-0.15, -0.1) is 0 Å². The monoisotopic (exact) mass is 553 g/mol. The van der Waals surface area contributed by atoms with Gasteiger partial charge < -0.3 is 24.8 Å². The highest BCUT2D eigenvalue weighted by Crippen LogP contribution is 2.28. The quantitative estimate of drug-likeness (QED) is 0.240. The molecule has 3 N–H and O–H groups in total. The zero-order valence-electron chi connectivity index (χ0n) is 21.7. The molecule has 3 rings (SSSR count). The van der Waals surface area contributed by atoms with E-state index in [0.29, 0.717) is 22.0 Å². The lowest BCUT2D eigenvalue weighted by Gasteiger charge is -2.21. The molecule has 0 aromatic heterocycles. The molecule has 0 spiro atoms. The zero-order valence-corrected chi connectivity index (χ0v) is 22.5. The number of methoxy groups -OCH3 is 1. The first-order valence-electron chi connectivity index (χ1n) is 11.6. The number of amides is 4. The second-order valence-corrected chi connectivity index (χ2v) is 10.1. The topological polar surface area (TPSA) is 149 Å². The number of ether oxygens (including phenoxy) is 3. The lowest BCUT2D eigenvalue weighted by atomic mass is 10.1. The van der Waals surface area contributed by atoms with Crippen molar-refractivity contribution in [1.82, 2.24) is 16.0 Å². The SMILES string of the molecule is COC(NC(=O)CNC(=O)OC(C)(C)C)C(=C=O)c1ccc(Oc2ccc(C=C3SC(=O)NC3=O)cc2)cc1. The van der Waals surface area contributed by atoms with Crippen molar-refractivity contribution in [2.24, 2.45) is 0 Å². The Bertz CT molecular complexity index is 1320. The van der Waals surface area contributed by atoms with Gasteiger partial charge in [0.1, 0.15) is 29.6 Å². The summed E-state index contributed by atoms with van der Waals surface area (Å²) in [5, 5.41) is 6.64. The van der Waals surface area contributed by atoms with Gasteiger partial charge in [0.2, 0.25) is 5.91 Å². The maximum Gasteiger partial charge on any atom is 0.408 e. The van der Waals surface area contributed by atoms with Crippen LogP contribution in [0.1, 0.15) is 31.9 Å². The number of hydrogen-bond acceptors (Lipinski definition) is 9. The van der Waals surface area contributed by atoms with E-state index in [1.54, 1.807) is 81.3 Å². The van der Waals surface area contributed by atoms with Crippen LogP contribution in [0.2, 0.25) is 0 Å². The highest BCUT2D eigenvalue weighted by Gasteiger charge is 2.25. The van der Waals surface area contributed by atoms with E-state index in [4.69, 9.17) is 14.2 Å². The normalized spacial score (nSPS) is 14.7. The van der Waals surface area contributed by atoms with Crippen LogP contribution in [0.5, 0.6) is 11.5 Å². The number of nitrogens with one attached hydrogen (secondary N) is 3. The van der Waals surface area contributed by atoms with E-state index in [-0.39, 0.29) is 12.1 Å². The minimum Gasteiger partial charge on any atom is -0.457 e. The summed E-state index contributed by atoms with van der Waals surface area (Å²) < 4.78 is 16.2. The lowest BCUT2D eigenvalue weighted by Crippen LogP contribution is -2.44. The van der Waals surface area contributed by atoms with Crippen molar-refractivity contribution in [3.05, 3.63) is 64.6 Å². The molecule has 1 unspecified atom stereocenters. The molecule has 1 heterocycles. The van der Waals surface area contributed by atoms with Crippen molar-refractivity contribution < 1.29 is 38.2 Å². The third kappa shape index (κ3) is 8.85. The molecule has 0 saturated carbocycles. The molecule has 12 heteroatoms. The van der Waals surface area contributed by atoms with Crippen LogP contribution in [-0.4, -0.2) is 54.6 Å². The number of carbonyl (C=O) groups is 4. The van der Waals surface area contributed by atoms with Crippen molar-refractivity contribution in [1.29, 1.82) is 0 Å². The number of alkyl carbamates (subject to hydrolysis) is 1. The fourth-order valence-electron chi connectivity index (χ4n) is 3.22. The van der Waals surface area contributed by atoms with E-state index in [0.717, 1.165) is 17.3 Å². The maximum absolute atomic E-state index is 12.3. The van der Waals surface area contributed by atoms with Crippen LogP contribution in [0.25, 0.3) is 11.6 Å². The summed E-state index contributed by atoms with van der Waals surface area (Å²) >= 11 is 0.840. The third-order valence-corrected chi connectivity index (χ3v) is 5.72. The summed E-state index contributed by atoms with van der Waals surface area (Å²) in [6.07, 6.45) is -0.258. The Morgan fingerprint density at radius 2 is 1.67 bits per heavy atom. The van der Waals surface area contributed by atoms with Crippen LogP contribution in [0.15, 0.2) is 53.4 Å². The summed E-state index contributed by atoms with van der Waals surface area (Å²) in [6, 6.07) is 13.4. The number of rotatable bonds is 9. The number of benzene rings is 2. The molecule has 0 bridgehead atoms. The second kappa shape index (κ2) is 12.9. The number of thioether (sulfide) groups is 1. The lowest BCUT2D eigenvalue weighted by molar-refractivity contribution is -0.122. The summed E-state index contributed by atoms with van der Waals surface area (Å²) in [5.41, 5.74) is 0.490. The Kier molecular flexibility index (Phi) is 9.67. The average molecular weight is 554 g/mol. The van der Waals surface area contributed by atoms with E-state index >= 15 is 0 Å². The molecule has 1 aliphatic heterocycles. The smallest absolute Gasteiger partial charge is 0.408 e. The van der Waals surface area contributed by atoms with Crippen molar-refractivity contribution in [3.8, 4) is 11.5 Å². The van der Waals surface area contributed by atoms with Gasteiger partial charge in [0.05, 0.1) is 10.5 Å². The molecule has 2 aromatic carbocycles. The van der Waals surface area contributed by atoms with Crippen molar-refractivity contribution in [2.45, 2.75) is 32.6 Å². The molecule has 1 fully saturated rings. The van der Waals surface area contributed by atoms with Gasteiger partial charge in [0, 0.05) is 7.11 Å². The fourth-order valence-corrected chi connectivity index (χ4v) is 3.90. The molecule has 0 aliphatic carbocycles. The van der Waals surface area contributed by atoms with Gasteiger partial charge in [-0.2, -0.15) is 0 Å². The van der Waals surface area contributed by atoms with Gasteiger partial charge >= 0.3 is 6.09 Å². The molecule has 4 amide bonds. The van der Waals surface area contributed by atoms with Crippen molar-refractivity contribution in [3.63, 3.8) is 0 Å². The van der Waals surface area contributed by atoms with E-state index in [1.807, 2.05) is 0 Å². The Hall–Kier alpha value is -4.38. The largest absolute Gasteiger partial charge is 0.457 e. The third-order valence-electron chi connectivity index (χ3n) is 4.91. The van der Waals surface area contributed by atoms with Gasteiger partial charge in [0.25, 0.3) is 11.1 Å². The summed E-state index contributed by atoms with van der Waals surface area (Å²) in [5.74, 6) is 1.77. The maximum atomic E-state index is 12.3. The number of imide groups is 1. The van der Waals surface area contributed by atoms with Crippen molar-refractivity contribution in [2.75, 3.05) is 13.7 Å². The zero-order chi connectivity index (χ0) is 28.6. The Balaban J connectivity index is 1.59. The molecular weight excluding hydrogens is 526 g/mol. The van der Waals surface area contributed by atoms with Gasteiger partial charge in [-0.1, -0.05) is 24.3 Å². The molecule has 204 valence electrons. The molecule has 11 nitrogen and oxygen atoms in total. The predicted molar refractivity (Wildman–Crippen MR) is 144 cm³/mol. The summed E-state index contributed by atoms with van der Waals surface area (Å²) in [7, 11) is 1.32. The highest BCUT2D eigenvalue weighted by molar-refractivity contribution is 8.18. The number of carbonyl (C=O) groups excluding carboxylic acids is 5. The van der Waals surface area contributed by atoms with Gasteiger partial charge in [0.15, 0.2) is 6.23 Å². The minimum atomic E-state index is -1.11. The highest BCUT2D eigenvalue weighted by atomic mass is 32.2. The first-order valence-corrected chi connectivity index (χ1v) is 12.5. The first kappa shape index (κ1) is 29.2. The van der Waals surface area contributed by atoms with Gasteiger partial charge in [-0.05, 0) is 74.0 Å². The van der Waals surface area contributed by atoms with Gasteiger partial charge in [-0.25, -0.2) is 9.59 Å². The molecule has 1 saturated heterocycles. The molecule has 2 aromatic rings. The number of hydrogen-bond donors (Lipinski definition) is 3. The Morgan fingerprint density at radius 3 is 2.18 bits per heavy atom. The van der Waals surface area contributed by atoms with Crippen LogP contribution >= 0.6 is 11.8 Å². The Morgan fingerprint density at radius 1 is 1.05 bits per heavy atom. The van der Waals surface area contributed by atoms with Crippen LogP contribution in [0, 0.1) is 0 Å². The predicted octanol–water partition coefficient (Wildman–Crippen LogP) is 3.63. The standard InChI is InChI=1S/C27H27N3O8S/c1-27(2,3)38-25(34)28-14-22(32)29-24(36-4)20(15-31)17-7-11-19(12-8-17)37-18-9-5-16(6-10-18)13-21-23(33)30-26(35)39-21/h5-13,24H,14H2,1-4H3,(H,28,34)(H,29,32)(H,30,33,35). The average Bonchev–Trinajstić information content (AvgIpc) is 3.19. The Labute approximate surface area is 228 Å².